The summed E-state index contributed by atoms with van der Waals surface area (Å²) in [4.78, 5) is 0. The summed E-state index contributed by atoms with van der Waals surface area (Å²) in [5.41, 5.74) is 2.27. The lowest BCUT2D eigenvalue weighted by atomic mass is 10.4. The summed E-state index contributed by atoms with van der Waals surface area (Å²) < 4.78 is 0. The minimum absolute atomic E-state index is 0.0891. The Hall–Kier alpha value is -1.32. The molecule has 0 atom stereocenters. The van der Waals surface area contributed by atoms with E-state index in [1.165, 1.54) is 0 Å². The van der Waals surface area contributed by atoms with Crippen LogP contribution in [0.4, 0.5) is 0 Å². The molecule has 0 aliphatic rings. The standard InChI is InChI=1S/C6H4O2/c1-2-3-4-5-6(7)8/h1,4H2. The highest BCUT2D eigenvalue weighted by Gasteiger charge is 1.89. The minimum atomic E-state index is -1.31. The normalized spacial score (nSPS) is 6.00. The molecule has 0 bridgehead atoms. The third kappa shape index (κ3) is 4.68. The molecule has 0 N–H and O–H groups in total. The van der Waals surface area contributed by atoms with E-state index in [2.05, 4.69) is 18.4 Å². The summed E-state index contributed by atoms with van der Waals surface area (Å²) in [6.07, 6.45) is 4.41. The quantitative estimate of drug-likeness (QED) is 0.256. The Morgan fingerprint density at radius 1 is 1.62 bits per heavy atom. The van der Waals surface area contributed by atoms with Crippen molar-refractivity contribution in [1.82, 2.24) is 0 Å². The maximum absolute atomic E-state index is 9.56. The van der Waals surface area contributed by atoms with Crippen LogP contribution in [0.5, 0.6) is 0 Å². The van der Waals surface area contributed by atoms with Gasteiger partial charge in [0.25, 0.3) is 0 Å². The zero-order valence-electron chi connectivity index (χ0n) is 4.23. The zero-order chi connectivity index (χ0) is 6.41. The molecule has 0 radical (unpaired) electrons. The summed E-state index contributed by atoms with van der Waals surface area (Å²) in [5, 5.41) is 19.1. The van der Waals surface area contributed by atoms with Crippen molar-refractivity contribution in [2.24, 2.45) is 0 Å². The van der Waals surface area contributed by atoms with Gasteiger partial charge in [-0.3, -0.25) is 0 Å². The molecule has 0 aliphatic carbocycles. The fourth-order valence-corrected chi connectivity index (χ4v) is 0.179. The van der Waals surface area contributed by atoms with E-state index in [0.29, 0.717) is 0 Å². The highest BCUT2D eigenvalue weighted by Crippen LogP contribution is 1.77. The van der Waals surface area contributed by atoms with Crippen LogP contribution in [0.2, 0.25) is 0 Å². The first kappa shape index (κ1) is 6.68. The topological polar surface area (TPSA) is 46.1 Å². The number of allylic oxidation sites excluding steroid dienone is 2. The molecular weight excluding hydrogens is 104 g/mol. The summed E-state index contributed by atoms with van der Waals surface area (Å²) in [7, 11) is 0. The predicted molar refractivity (Wildman–Crippen MR) is 23.8 cm³/mol. The third-order valence-electron chi connectivity index (χ3n) is 0.446. The predicted octanol–water partition coefficient (Wildman–Crippen LogP) is -1.11. The number of hydrogen-bond donors (Lipinski definition) is 0. The molecule has 0 saturated heterocycles. The summed E-state index contributed by atoms with van der Waals surface area (Å²) >= 11 is 0. The van der Waals surface area contributed by atoms with Crippen LogP contribution in [-0.2, 0) is 0 Å². The second-order valence-electron chi connectivity index (χ2n) is 0.995. The van der Waals surface area contributed by atoms with Gasteiger partial charge in [-0.05, 0) is 0 Å². The smallest absolute Gasteiger partial charge is 0.303 e. The summed E-state index contributed by atoms with van der Waals surface area (Å²) in [6.45, 7) is 3.17. The molecule has 0 aliphatic heterocycles. The van der Waals surface area contributed by atoms with E-state index in [1.807, 2.05) is 6.08 Å². The van der Waals surface area contributed by atoms with Gasteiger partial charge in [0.2, 0.25) is 6.08 Å². The van der Waals surface area contributed by atoms with E-state index in [9.17, 15) is 10.2 Å². The van der Waals surface area contributed by atoms with E-state index >= 15 is 0 Å². The first-order valence-corrected chi connectivity index (χ1v) is 1.97. The van der Waals surface area contributed by atoms with Crippen molar-refractivity contribution in [3.05, 3.63) is 30.4 Å². The Morgan fingerprint density at radius 3 is 2.62 bits per heavy atom. The van der Waals surface area contributed by atoms with Crippen molar-refractivity contribution in [3.63, 3.8) is 0 Å². The highest BCUT2D eigenvalue weighted by atomic mass is 16.5. The fourth-order valence-electron chi connectivity index (χ4n) is 0.179. The molecule has 8 heavy (non-hydrogen) atoms. The lowest BCUT2D eigenvalue weighted by molar-refractivity contribution is -0.514. The van der Waals surface area contributed by atoms with Gasteiger partial charge in [0.1, 0.15) is 5.73 Å². The van der Waals surface area contributed by atoms with Crippen LogP contribution in [0.25, 0.3) is 0 Å². The van der Waals surface area contributed by atoms with E-state index in [-0.39, 0.29) is 6.42 Å². The molecule has 0 aromatic heterocycles. The average molecular weight is 108 g/mol. The lowest BCUT2D eigenvalue weighted by Gasteiger charge is -1.98. The number of hydrogen-bond acceptors (Lipinski definition) is 2. The molecule has 2 heteroatoms. The molecule has 0 aromatic rings. The Labute approximate surface area is 48.1 Å². The van der Waals surface area contributed by atoms with E-state index in [0.717, 1.165) is 0 Å². The Morgan fingerprint density at radius 2 is 2.25 bits per heavy atom. The molecule has 0 amide bonds. The van der Waals surface area contributed by atoms with Crippen LogP contribution in [0.15, 0.2) is 18.3 Å². The first-order valence-electron chi connectivity index (χ1n) is 1.97. The van der Waals surface area contributed by atoms with Gasteiger partial charge in [0, 0.05) is 0 Å². The van der Waals surface area contributed by atoms with E-state index in [4.69, 9.17) is 0 Å². The summed E-state index contributed by atoms with van der Waals surface area (Å²) in [6, 6.07) is 0. The van der Waals surface area contributed by atoms with Crippen LogP contribution < -0.4 is 10.2 Å². The van der Waals surface area contributed by atoms with Gasteiger partial charge in [0.15, 0.2) is 6.08 Å². The lowest BCUT2D eigenvalue weighted by Crippen LogP contribution is -2.17. The zero-order valence-corrected chi connectivity index (χ0v) is 4.23. The van der Waals surface area contributed by atoms with Gasteiger partial charge in [0.05, 0.1) is 12.5 Å². The molecule has 0 aromatic carbocycles. The monoisotopic (exact) mass is 108 g/mol. The van der Waals surface area contributed by atoms with Crippen molar-refractivity contribution in [2.45, 2.75) is 6.42 Å². The van der Waals surface area contributed by atoms with Gasteiger partial charge in [-0.1, -0.05) is 0 Å². The Bertz CT molecular complexity index is 125. The third-order valence-corrected chi connectivity index (χ3v) is 0.446. The van der Waals surface area contributed by atoms with Crippen molar-refractivity contribution >= 4 is 0 Å². The maximum atomic E-state index is 9.56. The highest BCUT2D eigenvalue weighted by molar-refractivity contribution is 4.75. The van der Waals surface area contributed by atoms with Gasteiger partial charge >= 0.3 is 6.42 Å². The van der Waals surface area contributed by atoms with Gasteiger partial charge in [-0.15, -0.1) is 0 Å². The van der Waals surface area contributed by atoms with Crippen LogP contribution in [0.3, 0.4) is 0 Å². The fraction of sp³-hybridized carbons (Fsp3) is 0.167. The largest absolute Gasteiger partial charge is 0.844 e. The van der Waals surface area contributed by atoms with Crippen LogP contribution >= 0.6 is 0 Å². The summed E-state index contributed by atoms with van der Waals surface area (Å²) in [5.74, 6) is -1.31. The second kappa shape index (κ2) is 3.86. The molecule has 0 spiro atoms. The van der Waals surface area contributed by atoms with Gasteiger partial charge < -0.3 is 10.2 Å². The van der Waals surface area contributed by atoms with Crippen LogP contribution in [-0.4, -0.2) is 0 Å². The van der Waals surface area contributed by atoms with Crippen molar-refractivity contribution in [2.75, 3.05) is 0 Å². The first-order chi connectivity index (χ1) is 3.77. The average Bonchev–Trinajstić information content (AvgIpc) is 1.66. The molecule has 0 fully saturated rings. The molecule has 0 rings (SSSR count). The molecule has 40 valence electrons. The van der Waals surface area contributed by atoms with Crippen molar-refractivity contribution in [1.29, 1.82) is 0 Å². The van der Waals surface area contributed by atoms with Crippen LogP contribution in [0, 0.1) is 12.2 Å². The molecule has 0 unspecified atom stereocenters. The molecule has 2 nitrogen and oxygen atoms in total. The minimum Gasteiger partial charge on any atom is -0.844 e. The number of rotatable bonds is 2. The molecular formula is C6H4O2. The van der Waals surface area contributed by atoms with E-state index in [1.54, 1.807) is 0 Å². The van der Waals surface area contributed by atoms with Crippen molar-refractivity contribution in [3.8, 4) is 0 Å². The SMILES string of the molecule is C=C=[C+]C[C+]=C([O-])[O-]. The van der Waals surface area contributed by atoms with Gasteiger partial charge in [-0.2, -0.15) is 0 Å². The second-order valence-corrected chi connectivity index (χ2v) is 0.995. The van der Waals surface area contributed by atoms with Crippen molar-refractivity contribution < 1.29 is 10.2 Å². The Kier molecular flexibility index (Phi) is 3.22. The Balaban J connectivity index is 3.44. The molecule has 0 saturated carbocycles. The van der Waals surface area contributed by atoms with Gasteiger partial charge in [-0.25, -0.2) is 0 Å². The molecule has 0 heterocycles. The van der Waals surface area contributed by atoms with Crippen LogP contribution in [0.1, 0.15) is 6.42 Å². The maximum Gasteiger partial charge on any atom is 0.303 e. The van der Waals surface area contributed by atoms with E-state index < -0.39 is 5.95 Å².